The van der Waals surface area contributed by atoms with E-state index < -0.39 is 12.2 Å². The first-order valence-corrected chi connectivity index (χ1v) is 5.41. The zero-order chi connectivity index (χ0) is 11.7. The highest BCUT2D eigenvalue weighted by atomic mass is 16.5. The molecular weight excluding hydrogens is 206 g/mol. The summed E-state index contributed by atoms with van der Waals surface area (Å²) in [6.07, 6.45) is -0.320. The van der Waals surface area contributed by atoms with Crippen molar-refractivity contribution < 1.29 is 14.6 Å². The minimum absolute atomic E-state index is 0.127. The van der Waals surface area contributed by atoms with E-state index in [1.807, 2.05) is 6.92 Å². The number of anilines is 1. The molecule has 0 saturated carbocycles. The van der Waals surface area contributed by atoms with Crippen molar-refractivity contribution in [2.75, 3.05) is 5.32 Å². The Balaban J connectivity index is 2.32. The highest BCUT2D eigenvalue weighted by molar-refractivity contribution is 5.97. The van der Waals surface area contributed by atoms with Crippen LogP contribution in [-0.2, 0) is 4.79 Å². The Hall–Kier alpha value is -1.55. The Morgan fingerprint density at radius 1 is 1.56 bits per heavy atom. The van der Waals surface area contributed by atoms with Crippen LogP contribution in [0.4, 0.5) is 5.69 Å². The first-order valence-electron chi connectivity index (χ1n) is 5.41. The van der Waals surface area contributed by atoms with Gasteiger partial charge in [0.2, 0.25) is 0 Å². The summed E-state index contributed by atoms with van der Waals surface area (Å²) < 4.78 is 5.53. The smallest absolute Gasteiger partial charge is 0.265 e. The molecular formula is C12H15NO3. The highest BCUT2D eigenvalue weighted by Crippen LogP contribution is 2.32. The molecule has 2 unspecified atom stereocenters. The van der Waals surface area contributed by atoms with Gasteiger partial charge in [-0.1, -0.05) is 13.0 Å². The molecule has 0 fully saturated rings. The number of hydrogen-bond acceptors (Lipinski definition) is 3. The number of amides is 1. The number of aliphatic hydroxyl groups is 1. The van der Waals surface area contributed by atoms with Crippen LogP contribution in [0.2, 0.25) is 0 Å². The normalized spacial score (nSPS) is 20.7. The molecule has 0 saturated heterocycles. The molecule has 2 atom stereocenters. The number of hydrogen-bond donors (Lipinski definition) is 2. The quantitative estimate of drug-likeness (QED) is 0.801. The molecule has 0 bridgehead atoms. The minimum atomic E-state index is -0.550. The Bertz CT molecular complexity index is 415. The third-order valence-electron chi connectivity index (χ3n) is 2.68. The van der Waals surface area contributed by atoms with E-state index in [1.165, 1.54) is 0 Å². The molecule has 4 nitrogen and oxygen atoms in total. The number of fused-ring (bicyclic) bond motifs is 1. The maximum absolute atomic E-state index is 11.6. The van der Waals surface area contributed by atoms with Crippen molar-refractivity contribution in [2.45, 2.75) is 32.5 Å². The van der Waals surface area contributed by atoms with Crippen LogP contribution < -0.4 is 10.1 Å². The van der Waals surface area contributed by atoms with Crippen molar-refractivity contribution in [2.24, 2.45) is 0 Å². The second-order valence-electron chi connectivity index (χ2n) is 3.94. The van der Waals surface area contributed by atoms with Gasteiger partial charge in [-0.25, -0.2) is 0 Å². The van der Waals surface area contributed by atoms with Crippen LogP contribution in [0.15, 0.2) is 18.2 Å². The van der Waals surface area contributed by atoms with Crippen molar-refractivity contribution in [1.82, 2.24) is 0 Å². The third kappa shape index (κ3) is 1.88. The number of carbonyl (C=O) groups is 1. The van der Waals surface area contributed by atoms with Crippen LogP contribution in [0, 0.1) is 0 Å². The Labute approximate surface area is 94.2 Å². The summed E-state index contributed by atoms with van der Waals surface area (Å²) >= 11 is 0. The van der Waals surface area contributed by atoms with Gasteiger partial charge in [-0.15, -0.1) is 0 Å². The number of rotatable bonds is 2. The van der Waals surface area contributed by atoms with Gasteiger partial charge >= 0.3 is 0 Å². The fourth-order valence-electron chi connectivity index (χ4n) is 1.70. The van der Waals surface area contributed by atoms with E-state index in [1.54, 1.807) is 25.1 Å². The number of benzene rings is 1. The van der Waals surface area contributed by atoms with Crippen LogP contribution in [0.1, 0.15) is 31.9 Å². The molecule has 1 aliphatic rings. The van der Waals surface area contributed by atoms with E-state index in [0.717, 1.165) is 5.56 Å². The molecule has 1 heterocycles. The average Bonchev–Trinajstić information content (AvgIpc) is 2.27. The lowest BCUT2D eigenvalue weighted by molar-refractivity contribution is -0.123. The molecule has 86 valence electrons. The van der Waals surface area contributed by atoms with Crippen LogP contribution in [0.25, 0.3) is 0 Å². The maximum atomic E-state index is 11.6. The van der Waals surface area contributed by atoms with E-state index in [4.69, 9.17) is 4.74 Å². The summed E-state index contributed by atoms with van der Waals surface area (Å²) in [5, 5.41) is 12.2. The molecule has 1 aromatic carbocycles. The van der Waals surface area contributed by atoms with Gasteiger partial charge in [0.1, 0.15) is 5.75 Å². The van der Waals surface area contributed by atoms with Gasteiger partial charge in [-0.05, 0) is 31.0 Å². The lowest BCUT2D eigenvalue weighted by Crippen LogP contribution is -2.36. The van der Waals surface area contributed by atoms with Crippen molar-refractivity contribution in [3.8, 4) is 5.75 Å². The van der Waals surface area contributed by atoms with Crippen LogP contribution in [-0.4, -0.2) is 17.1 Å². The van der Waals surface area contributed by atoms with Gasteiger partial charge < -0.3 is 15.2 Å². The van der Waals surface area contributed by atoms with Crippen LogP contribution >= 0.6 is 0 Å². The Morgan fingerprint density at radius 2 is 2.31 bits per heavy atom. The van der Waals surface area contributed by atoms with Gasteiger partial charge in [0.05, 0.1) is 11.8 Å². The second-order valence-corrected chi connectivity index (χ2v) is 3.94. The zero-order valence-corrected chi connectivity index (χ0v) is 9.36. The minimum Gasteiger partial charge on any atom is -0.478 e. The largest absolute Gasteiger partial charge is 0.478 e. The molecule has 16 heavy (non-hydrogen) atoms. The first-order chi connectivity index (χ1) is 7.61. The summed E-state index contributed by atoms with van der Waals surface area (Å²) in [4.78, 5) is 11.6. The van der Waals surface area contributed by atoms with Gasteiger partial charge in [-0.3, -0.25) is 4.79 Å². The molecule has 0 aromatic heterocycles. The monoisotopic (exact) mass is 221 g/mol. The summed E-state index contributed by atoms with van der Waals surface area (Å²) in [5.41, 5.74) is 1.39. The lowest BCUT2D eigenvalue weighted by Gasteiger charge is -2.25. The van der Waals surface area contributed by atoms with E-state index in [2.05, 4.69) is 5.32 Å². The molecule has 0 radical (unpaired) electrons. The summed E-state index contributed by atoms with van der Waals surface area (Å²) in [7, 11) is 0. The number of nitrogens with one attached hydrogen (secondary N) is 1. The fraction of sp³-hybridized carbons (Fsp3) is 0.417. The molecule has 1 aromatic rings. The summed E-state index contributed by atoms with van der Waals surface area (Å²) in [5.74, 6) is 0.536. The fourth-order valence-corrected chi connectivity index (χ4v) is 1.70. The maximum Gasteiger partial charge on any atom is 0.265 e. The van der Waals surface area contributed by atoms with Gasteiger partial charge in [0.15, 0.2) is 6.10 Å². The van der Waals surface area contributed by atoms with E-state index in [9.17, 15) is 9.90 Å². The predicted molar refractivity (Wildman–Crippen MR) is 60.4 cm³/mol. The molecule has 0 aliphatic carbocycles. The lowest BCUT2D eigenvalue weighted by atomic mass is 10.1. The van der Waals surface area contributed by atoms with Crippen LogP contribution in [0.5, 0.6) is 5.75 Å². The van der Waals surface area contributed by atoms with Gasteiger partial charge in [0.25, 0.3) is 5.91 Å². The van der Waals surface area contributed by atoms with Crippen molar-refractivity contribution >= 4 is 11.6 Å². The number of ether oxygens (including phenoxy) is 1. The van der Waals surface area contributed by atoms with Gasteiger partial charge in [0, 0.05) is 0 Å². The van der Waals surface area contributed by atoms with Crippen molar-refractivity contribution in [3.63, 3.8) is 0 Å². The van der Waals surface area contributed by atoms with Crippen molar-refractivity contribution in [1.29, 1.82) is 0 Å². The average molecular weight is 221 g/mol. The topological polar surface area (TPSA) is 58.6 Å². The predicted octanol–water partition coefficient (Wildman–Crippen LogP) is 1.85. The Kier molecular flexibility index (Phi) is 2.83. The zero-order valence-electron chi connectivity index (χ0n) is 9.36. The number of aliphatic hydroxyl groups excluding tert-OH is 1. The second kappa shape index (κ2) is 4.14. The van der Waals surface area contributed by atoms with E-state index >= 15 is 0 Å². The molecule has 1 aliphatic heterocycles. The van der Waals surface area contributed by atoms with E-state index in [0.29, 0.717) is 17.9 Å². The summed E-state index contributed by atoms with van der Waals surface area (Å²) in [6.45, 7) is 3.58. The highest BCUT2D eigenvalue weighted by Gasteiger charge is 2.26. The van der Waals surface area contributed by atoms with Gasteiger partial charge in [-0.2, -0.15) is 0 Å². The van der Waals surface area contributed by atoms with Crippen LogP contribution in [0.3, 0.4) is 0 Å². The third-order valence-corrected chi connectivity index (χ3v) is 2.68. The molecule has 1 amide bonds. The Morgan fingerprint density at radius 3 is 2.94 bits per heavy atom. The van der Waals surface area contributed by atoms with E-state index in [-0.39, 0.29) is 5.91 Å². The van der Waals surface area contributed by atoms with Crippen molar-refractivity contribution in [3.05, 3.63) is 23.8 Å². The molecule has 2 N–H and O–H groups in total. The standard InChI is InChI=1S/C12H15NO3/c1-3-10-12(15)13-9-6-8(7(2)14)4-5-11(9)16-10/h4-7,10,14H,3H2,1-2H3,(H,13,15). The molecule has 0 spiro atoms. The first kappa shape index (κ1) is 11.0. The summed E-state index contributed by atoms with van der Waals surface area (Å²) in [6, 6.07) is 5.32. The number of carbonyl (C=O) groups excluding carboxylic acids is 1. The molecule has 2 rings (SSSR count). The SMILES string of the molecule is CCC1Oc2ccc(C(C)O)cc2NC1=O. The molecule has 4 heteroatoms.